The lowest BCUT2D eigenvalue weighted by Crippen LogP contribution is -2.22. The average molecular weight is 436 g/mol. The van der Waals surface area contributed by atoms with E-state index in [1.54, 1.807) is 12.1 Å². The second-order valence-corrected chi connectivity index (χ2v) is 9.80. The van der Waals surface area contributed by atoms with Crippen molar-refractivity contribution in [1.29, 1.82) is 0 Å². The molecule has 0 aliphatic carbocycles. The van der Waals surface area contributed by atoms with Crippen LogP contribution in [0, 0.1) is 0 Å². The zero-order valence-electron chi connectivity index (χ0n) is 16.0. The summed E-state index contributed by atoms with van der Waals surface area (Å²) < 4.78 is 28.5. The second kappa shape index (κ2) is 8.61. The highest BCUT2D eigenvalue weighted by molar-refractivity contribution is 7.89. The molecule has 0 aliphatic heterocycles. The highest BCUT2D eigenvalue weighted by Crippen LogP contribution is 2.30. The first-order valence-electron chi connectivity index (χ1n) is 8.85. The van der Waals surface area contributed by atoms with Gasteiger partial charge in [-0.05, 0) is 30.7 Å². The smallest absolute Gasteiger partial charge is 0.244 e. The van der Waals surface area contributed by atoms with E-state index in [2.05, 4.69) is 11.5 Å². The standard InChI is InChI=1S/C20H22ClN3O2S2/c1-4-12-24-18(14-27-20(24)22-16-8-6-5-7-9-16)15-10-11-17(21)19(13-15)28(25,26)23(2)3/h5-11,13-14H,4,12H2,1-3H3. The van der Waals surface area contributed by atoms with Crippen LogP contribution >= 0.6 is 22.9 Å². The van der Waals surface area contributed by atoms with Crippen LogP contribution in [0.15, 0.2) is 63.8 Å². The number of benzene rings is 2. The van der Waals surface area contributed by atoms with E-state index >= 15 is 0 Å². The molecule has 2 aromatic carbocycles. The van der Waals surface area contributed by atoms with Gasteiger partial charge in [0.25, 0.3) is 0 Å². The zero-order chi connectivity index (χ0) is 20.3. The summed E-state index contributed by atoms with van der Waals surface area (Å²) in [6.45, 7) is 2.88. The van der Waals surface area contributed by atoms with Gasteiger partial charge in [0.1, 0.15) is 4.90 Å². The predicted octanol–water partition coefficient (Wildman–Crippen LogP) is 4.76. The molecule has 0 radical (unpaired) electrons. The maximum atomic E-state index is 12.6. The van der Waals surface area contributed by atoms with Crippen LogP contribution < -0.4 is 4.80 Å². The summed E-state index contributed by atoms with van der Waals surface area (Å²) in [7, 11) is -0.639. The molecule has 0 atom stereocenters. The lowest BCUT2D eigenvalue weighted by Gasteiger charge is -2.14. The van der Waals surface area contributed by atoms with Gasteiger partial charge in [0.2, 0.25) is 10.0 Å². The van der Waals surface area contributed by atoms with E-state index in [0.717, 1.165) is 34.7 Å². The minimum absolute atomic E-state index is 0.104. The third kappa shape index (κ3) is 4.22. The van der Waals surface area contributed by atoms with Crippen LogP contribution in [0.1, 0.15) is 13.3 Å². The van der Waals surface area contributed by atoms with E-state index in [4.69, 9.17) is 16.6 Å². The van der Waals surface area contributed by atoms with E-state index < -0.39 is 10.0 Å². The fraction of sp³-hybridized carbons (Fsp3) is 0.250. The maximum Gasteiger partial charge on any atom is 0.244 e. The van der Waals surface area contributed by atoms with Gasteiger partial charge in [-0.1, -0.05) is 42.8 Å². The van der Waals surface area contributed by atoms with Gasteiger partial charge in [0.15, 0.2) is 4.80 Å². The maximum absolute atomic E-state index is 12.6. The summed E-state index contributed by atoms with van der Waals surface area (Å²) in [4.78, 5) is 5.73. The molecule has 28 heavy (non-hydrogen) atoms. The Hall–Kier alpha value is -1.93. The van der Waals surface area contributed by atoms with Gasteiger partial charge in [-0.25, -0.2) is 17.7 Å². The first-order valence-corrected chi connectivity index (χ1v) is 11.5. The number of nitrogens with zero attached hydrogens (tertiary/aromatic N) is 3. The van der Waals surface area contributed by atoms with Crippen LogP contribution in [-0.2, 0) is 16.6 Å². The minimum atomic E-state index is -3.63. The summed E-state index contributed by atoms with van der Waals surface area (Å²) in [5.41, 5.74) is 2.60. The van der Waals surface area contributed by atoms with Crippen molar-refractivity contribution in [2.75, 3.05) is 14.1 Å². The van der Waals surface area contributed by atoms with Crippen molar-refractivity contribution in [2.24, 2.45) is 4.99 Å². The molecule has 0 fully saturated rings. The SMILES string of the molecule is CCCn1c(-c2ccc(Cl)c(S(=O)(=O)N(C)C)c2)csc1=Nc1ccccc1. The minimum Gasteiger partial charge on any atom is -0.316 e. The van der Waals surface area contributed by atoms with Crippen molar-refractivity contribution in [3.63, 3.8) is 0 Å². The Morgan fingerprint density at radius 1 is 1.14 bits per heavy atom. The summed E-state index contributed by atoms with van der Waals surface area (Å²) in [6, 6.07) is 14.9. The number of sulfonamides is 1. The van der Waals surface area contributed by atoms with Crippen LogP contribution in [0.25, 0.3) is 11.3 Å². The van der Waals surface area contributed by atoms with E-state index in [-0.39, 0.29) is 9.92 Å². The number of hydrogen-bond acceptors (Lipinski definition) is 4. The number of halogens is 1. The van der Waals surface area contributed by atoms with Crippen LogP contribution in [-0.4, -0.2) is 31.4 Å². The molecule has 0 bridgehead atoms. The van der Waals surface area contributed by atoms with Crippen molar-refractivity contribution in [3.05, 3.63) is 63.7 Å². The van der Waals surface area contributed by atoms with Crippen molar-refractivity contribution in [1.82, 2.24) is 8.87 Å². The molecule has 0 amide bonds. The molecule has 0 saturated heterocycles. The van der Waals surface area contributed by atoms with E-state index in [1.807, 2.05) is 41.8 Å². The highest BCUT2D eigenvalue weighted by atomic mass is 35.5. The van der Waals surface area contributed by atoms with Crippen molar-refractivity contribution >= 4 is 38.6 Å². The summed E-state index contributed by atoms with van der Waals surface area (Å²) in [5, 5.41) is 2.22. The molecule has 0 unspecified atom stereocenters. The first-order chi connectivity index (χ1) is 13.3. The average Bonchev–Trinajstić information content (AvgIpc) is 3.05. The molecule has 148 valence electrons. The molecule has 8 heteroatoms. The third-order valence-electron chi connectivity index (χ3n) is 4.21. The molecule has 1 heterocycles. The topological polar surface area (TPSA) is 54.7 Å². The van der Waals surface area contributed by atoms with Crippen LogP contribution in [0.4, 0.5) is 5.69 Å². The second-order valence-electron chi connectivity index (χ2n) is 6.44. The van der Waals surface area contributed by atoms with E-state index in [1.165, 1.54) is 29.7 Å². The Morgan fingerprint density at radius 2 is 1.86 bits per heavy atom. The quantitative estimate of drug-likeness (QED) is 0.560. The number of para-hydroxylation sites is 1. The Bertz CT molecular complexity index is 1130. The number of thiazole rings is 1. The van der Waals surface area contributed by atoms with Gasteiger partial charge >= 0.3 is 0 Å². The number of aromatic nitrogens is 1. The molecule has 0 N–H and O–H groups in total. The third-order valence-corrected chi connectivity index (χ3v) is 7.37. The molecule has 1 aromatic heterocycles. The first kappa shape index (κ1) is 20.8. The molecule has 5 nitrogen and oxygen atoms in total. The molecule has 0 saturated carbocycles. The molecular weight excluding hydrogens is 414 g/mol. The summed E-state index contributed by atoms with van der Waals surface area (Å²) >= 11 is 7.73. The molecule has 3 aromatic rings. The Labute approximate surface area is 174 Å². The van der Waals surface area contributed by atoms with Gasteiger partial charge in [-0.2, -0.15) is 0 Å². The van der Waals surface area contributed by atoms with Gasteiger partial charge in [0, 0.05) is 31.6 Å². The van der Waals surface area contributed by atoms with Gasteiger partial charge in [0.05, 0.1) is 16.4 Å². The lowest BCUT2D eigenvalue weighted by atomic mass is 10.1. The Kier molecular flexibility index (Phi) is 6.40. The number of rotatable bonds is 6. The number of hydrogen-bond donors (Lipinski definition) is 0. The van der Waals surface area contributed by atoms with Gasteiger partial charge < -0.3 is 4.57 Å². The summed E-state index contributed by atoms with van der Waals surface area (Å²) in [5.74, 6) is 0. The fourth-order valence-electron chi connectivity index (χ4n) is 2.76. The Balaban J connectivity index is 2.16. The highest BCUT2D eigenvalue weighted by Gasteiger charge is 2.22. The fourth-order valence-corrected chi connectivity index (χ4v) is 5.11. The van der Waals surface area contributed by atoms with Gasteiger partial charge in [-0.3, -0.25) is 0 Å². The lowest BCUT2D eigenvalue weighted by molar-refractivity contribution is 0.521. The van der Waals surface area contributed by atoms with E-state index in [9.17, 15) is 8.42 Å². The predicted molar refractivity (Wildman–Crippen MR) is 116 cm³/mol. The largest absolute Gasteiger partial charge is 0.316 e. The molecule has 3 rings (SSSR count). The van der Waals surface area contributed by atoms with Crippen molar-refractivity contribution < 1.29 is 8.42 Å². The van der Waals surface area contributed by atoms with Gasteiger partial charge in [-0.15, -0.1) is 11.3 Å². The molecule has 0 spiro atoms. The van der Waals surface area contributed by atoms with Crippen molar-refractivity contribution in [3.8, 4) is 11.3 Å². The van der Waals surface area contributed by atoms with Crippen LogP contribution in [0.5, 0.6) is 0 Å². The monoisotopic (exact) mass is 435 g/mol. The normalized spacial score (nSPS) is 12.7. The van der Waals surface area contributed by atoms with E-state index in [0.29, 0.717) is 0 Å². The molecule has 0 aliphatic rings. The summed E-state index contributed by atoms with van der Waals surface area (Å²) in [6.07, 6.45) is 0.933. The van der Waals surface area contributed by atoms with Crippen LogP contribution in [0.3, 0.4) is 0 Å². The zero-order valence-corrected chi connectivity index (χ0v) is 18.4. The van der Waals surface area contributed by atoms with Crippen molar-refractivity contribution in [2.45, 2.75) is 24.8 Å². The molecular formula is C20H22ClN3O2S2. The Morgan fingerprint density at radius 3 is 2.50 bits per heavy atom. The van der Waals surface area contributed by atoms with Crippen LogP contribution in [0.2, 0.25) is 5.02 Å².